The van der Waals surface area contributed by atoms with E-state index in [4.69, 9.17) is 9.47 Å². The molecule has 1 aromatic rings. The van der Waals surface area contributed by atoms with Crippen LogP contribution >= 0.6 is 0 Å². The van der Waals surface area contributed by atoms with Gasteiger partial charge in [-0.05, 0) is 6.07 Å². The SMILES string of the molecule is COc1cc(C(=O)NC2CNC[C@@H]2OC)ccc1[N+](=O)[O-]. The van der Waals surface area contributed by atoms with E-state index in [0.717, 1.165) is 0 Å². The van der Waals surface area contributed by atoms with E-state index in [1.807, 2.05) is 0 Å². The Bertz CT molecular complexity index is 549. The minimum absolute atomic E-state index is 0.0560. The fraction of sp³-hybridized carbons (Fsp3) is 0.462. The van der Waals surface area contributed by atoms with Crippen LogP contribution in [0.4, 0.5) is 5.69 Å². The second-order valence-corrected chi connectivity index (χ2v) is 4.66. The van der Waals surface area contributed by atoms with E-state index >= 15 is 0 Å². The molecule has 0 spiro atoms. The number of ether oxygens (including phenoxy) is 2. The van der Waals surface area contributed by atoms with Gasteiger partial charge in [-0.25, -0.2) is 0 Å². The van der Waals surface area contributed by atoms with Gasteiger partial charge in [0.2, 0.25) is 0 Å². The van der Waals surface area contributed by atoms with Crippen molar-refractivity contribution in [2.45, 2.75) is 12.1 Å². The standard InChI is InChI=1S/C13H17N3O5/c1-20-11-5-8(3-4-10(11)16(18)19)13(17)15-9-6-14-7-12(9)21-2/h3-5,9,12,14H,6-7H2,1-2H3,(H,15,17)/t9?,12-/m0/s1. The number of rotatable bonds is 5. The smallest absolute Gasteiger partial charge is 0.310 e. The van der Waals surface area contributed by atoms with Crippen molar-refractivity contribution in [2.75, 3.05) is 27.3 Å². The Hall–Kier alpha value is -2.19. The lowest BCUT2D eigenvalue weighted by molar-refractivity contribution is -0.385. The molecule has 0 bridgehead atoms. The molecule has 1 fully saturated rings. The maximum atomic E-state index is 12.2. The Balaban J connectivity index is 2.14. The highest BCUT2D eigenvalue weighted by Crippen LogP contribution is 2.27. The van der Waals surface area contributed by atoms with Crippen LogP contribution in [0.15, 0.2) is 18.2 Å². The van der Waals surface area contributed by atoms with Gasteiger partial charge in [-0.1, -0.05) is 0 Å². The summed E-state index contributed by atoms with van der Waals surface area (Å²) in [5.74, 6) is -0.264. The fourth-order valence-electron chi connectivity index (χ4n) is 2.27. The number of benzene rings is 1. The molecule has 1 heterocycles. The number of nitrogens with zero attached hydrogens (tertiary/aromatic N) is 1. The zero-order valence-electron chi connectivity index (χ0n) is 11.8. The molecule has 1 unspecified atom stereocenters. The highest BCUT2D eigenvalue weighted by Gasteiger charge is 2.29. The van der Waals surface area contributed by atoms with Crippen LogP contribution in [0.1, 0.15) is 10.4 Å². The molecule has 2 atom stereocenters. The molecule has 21 heavy (non-hydrogen) atoms. The highest BCUT2D eigenvalue weighted by atomic mass is 16.6. The number of nitro groups is 1. The lowest BCUT2D eigenvalue weighted by atomic mass is 10.1. The van der Waals surface area contributed by atoms with Gasteiger partial charge < -0.3 is 20.1 Å². The van der Waals surface area contributed by atoms with Gasteiger partial charge in [-0.3, -0.25) is 14.9 Å². The van der Waals surface area contributed by atoms with E-state index in [-0.39, 0.29) is 29.5 Å². The zero-order valence-corrected chi connectivity index (χ0v) is 11.8. The summed E-state index contributed by atoms with van der Waals surface area (Å²) in [5.41, 5.74) is 0.130. The average Bonchev–Trinajstić information content (AvgIpc) is 2.93. The van der Waals surface area contributed by atoms with Crippen LogP contribution < -0.4 is 15.4 Å². The molecule has 1 amide bonds. The molecule has 1 aliphatic heterocycles. The van der Waals surface area contributed by atoms with E-state index < -0.39 is 4.92 Å². The van der Waals surface area contributed by atoms with E-state index in [2.05, 4.69) is 10.6 Å². The number of nitrogens with one attached hydrogen (secondary N) is 2. The molecule has 0 radical (unpaired) electrons. The van der Waals surface area contributed by atoms with Gasteiger partial charge in [0.05, 0.1) is 24.2 Å². The summed E-state index contributed by atoms with van der Waals surface area (Å²) in [5, 5.41) is 16.8. The normalized spacial score (nSPS) is 21.0. The number of carbonyl (C=O) groups is 1. The van der Waals surface area contributed by atoms with Gasteiger partial charge >= 0.3 is 5.69 Å². The summed E-state index contributed by atoms with van der Waals surface area (Å²) in [7, 11) is 2.91. The average molecular weight is 295 g/mol. The Morgan fingerprint density at radius 2 is 2.19 bits per heavy atom. The van der Waals surface area contributed by atoms with E-state index in [9.17, 15) is 14.9 Å². The summed E-state index contributed by atoms with van der Waals surface area (Å²) in [6, 6.07) is 3.88. The minimum atomic E-state index is -0.553. The van der Waals surface area contributed by atoms with Gasteiger partial charge in [0, 0.05) is 37.9 Å². The Morgan fingerprint density at radius 3 is 2.81 bits per heavy atom. The molecule has 0 aromatic heterocycles. The van der Waals surface area contributed by atoms with Gasteiger partial charge in [-0.15, -0.1) is 0 Å². The third kappa shape index (κ3) is 3.29. The van der Waals surface area contributed by atoms with Crippen molar-refractivity contribution >= 4 is 11.6 Å². The number of hydrogen-bond acceptors (Lipinski definition) is 6. The van der Waals surface area contributed by atoms with Crippen molar-refractivity contribution in [2.24, 2.45) is 0 Å². The second kappa shape index (κ2) is 6.51. The van der Waals surface area contributed by atoms with Crippen molar-refractivity contribution in [1.82, 2.24) is 10.6 Å². The van der Waals surface area contributed by atoms with Crippen molar-refractivity contribution in [3.05, 3.63) is 33.9 Å². The van der Waals surface area contributed by atoms with Gasteiger partial charge in [0.15, 0.2) is 5.75 Å². The van der Waals surface area contributed by atoms with Crippen LogP contribution in [0.5, 0.6) is 5.75 Å². The third-order valence-electron chi connectivity index (χ3n) is 3.42. The van der Waals surface area contributed by atoms with Crippen LogP contribution in [-0.4, -0.2) is 50.3 Å². The fourth-order valence-corrected chi connectivity index (χ4v) is 2.27. The van der Waals surface area contributed by atoms with Crippen LogP contribution in [0.25, 0.3) is 0 Å². The first-order valence-corrected chi connectivity index (χ1v) is 6.43. The molecular weight excluding hydrogens is 278 g/mol. The minimum Gasteiger partial charge on any atom is -0.490 e. The van der Waals surface area contributed by atoms with Crippen molar-refractivity contribution in [1.29, 1.82) is 0 Å². The van der Waals surface area contributed by atoms with E-state index in [0.29, 0.717) is 18.7 Å². The summed E-state index contributed by atoms with van der Waals surface area (Å²) in [4.78, 5) is 22.5. The number of amides is 1. The van der Waals surface area contributed by atoms with Crippen molar-refractivity contribution in [3.63, 3.8) is 0 Å². The topological polar surface area (TPSA) is 103 Å². The lowest BCUT2D eigenvalue weighted by Crippen LogP contribution is -2.43. The van der Waals surface area contributed by atoms with Crippen molar-refractivity contribution < 1.29 is 19.2 Å². The zero-order chi connectivity index (χ0) is 15.4. The molecule has 1 aliphatic rings. The monoisotopic (exact) mass is 295 g/mol. The molecule has 0 aliphatic carbocycles. The first-order valence-electron chi connectivity index (χ1n) is 6.43. The van der Waals surface area contributed by atoms with Gasteiger partial charge in [-0.2, -0.15) is 0 Å². The predicted octanol–water partition coefficient (Wildman–Crippen LogP) is 0.320. The maximum Gasteiger partial charge on any atom is 0.310 e. The van der Waals surface area contributed by atoms with Gasteiger partial charge in [0.25, 0.3) is 5.91 Å². The molecule has 0 saturated carbocycles. The van der Waals surface area contributed by atoms with Gasteiger partial charge in [0.1, 0.15) is 0 Å². The molecule has 114 valence electrons. The largest absolute Gasteiger partial charge is 0.490 e. The predicted molar refractivity (Wildman–Crippen MR) is 74.6 cm³/mol. The number of nitro benzene ring substituents is 1. The molecule has 8 nitrogen and oxygen atoms in total. The highest BCUT2D eigenvalue weighted by molar-refractivity contribution is 5.95. The molecular formula is C13H17N3O5. The molecule has 8 heteroatoms. The lowest BCUT2D eigenvalue weighted by Gasteiger charge is -2.18. The van der Waals surface area contributed by atoms with Crippen molar-refractivity contribution in [3.8, 4) is 5.75 Å². The first-order chi connectivity index (χ1) is 10.1. The van der Waals surface area contributed by atoms with Crippen LogP contribution in [0.3, 0.4) is 0 Å². The van der Waals surface area contributed by atoms with E-state index in [1.165, 1.54) is 25.3 Å². The molecule has 1 saturated heterocycles. The quantitative estimate of drug-likeness (QED) is 0.599. The summed E-state index contributed by atoms with van der Waals surface area (Å²) < 4.78 is 10.2. The Labute approximate surface area is 121 Å². The third-order valence-corrected chi connectivity index (χ3v) is 3.42. The van der Waals surface area contributed by atoms with E-state index in [1.54, 1.807) is 7.11 Å². The molecule has 2 rings (SSSR count). The second-order valence-electron chi connectivity index (χ2n) is 4.66. The van der Waals surface area contributed by atoms with Crippen LogP contribution in [0, 0.1) is 10.1 Å². The summed E-state index contributed by atoms with van der Waals surface area (Å²) in [6.45, 7) is 1.29. The Kier molecular flexibility index (Phi) is 4.71. The maximum absolute atomic E-state index is 12.2. The summed E-state index contributed by atoms with van der Waals surface area (Å²) in [6.07, 6.45) is -0.0890. The summed E-state index contributed by atoms with van der Waals surface area (Å²) >= 11 is 0. The number of hydrogen-bond donors (Lipinski definition) is 2. The van der Waals surface area contributed by atoms with Crippen LogP contribution in [0.2, 0.25) is 0 Å². The molecule has 1 aromatic carbocycles. The first kappa shape index (κ1) is 15.2. The Morgan fingerprint density at radius 1 is 1.43 bits per heavy atom. The number of methoxy groups -OCH3 is 2. The van der Waals surface area contributed by atoms with Crippen LogP contribution in [-0.2, 0) is 4.74 Å². The number of carbonyl (C=O) groups excluding carboxylic acids is 1. The molecule has 2 N–H and O–H groups in total.